The number of nitrogens with zero attached hydrogens (tertiary/aromatic N) is 4. The van der Waals surface area contributed by atoms with Crippen LogP contribution in [0.15, 0.2) is 53.2 Å². The maximum atomic E-state index is 12.2. The van der Waals surface area contributed by atoms with E-state index in [1.165, 1.54) is 4.90 Å². The van der Waals surface area contributed by atoms with Gasteiger partial charge in [0.05, 0.1) is 6.54 Å². The van der Waals surface area contributed by atoms with E-state index < -0.39 is 0 Å². The molecule has 2 aromatic heterocycles. The number of pyridine rings is 1. The number of aryl methyl sites for hydroxylation is 1. The molecule has 3 aromatic rings. The molecule has 0 saturated carbocycles. The third kappa shape index (κ3) is 3.98. The van der Waals surface area contributed by atoms with Crippen LogP contribution in [0.3, 0.4) is 0 Å². The predicted octanol–water partition coefficient (Wildman–Crippen LogP) is 2.66. The van der Waals surface area contributed by atoms with Crippen molar-refractivity contribution in [1.82, 2.24) is 15.1 Å². The van der Waals surface area contributed by atoms with Crippen LogP contribution in [-0.4, -0.2) is 40.3 Å². The largest absolute Gasteiger partial charge is 0.447 e. The first-order valence-electron chi connectivity index (χ1n) is 8.77. The van der Waals surface area contributed by atoms with E-state index >= 15 is 0 Å². The number of amides is 2. The Morgan fingerprint density at radius 2 is 2.14 bits per heavy atom. The van der Waals surface area contributed by atoms with Gasteiger partial charge in [-0.25, -0.2) is 4.79 Å². The van der Waals surface area contributed by atoms with E-state index in [0.29, 0.717) is 48.4 Å². The van der Waals surface area contributed by atoms with E-state index in [9.17, 15) is 9.59 Å². The quantitative estimate of drug-likeness (QED) is 0.701. The molecule has 4 rings (SSSR count). The number of rotatable bonds is 6. The first kappa shape index (κ1) is 17.7. The summed E-state index contributed by atoms with van der Waals surface area (Å²) < 4.78 is 10.1. The lowest BCUT2D eigenvalue weighted by Crippen LogP contribution is -2.23. The second-order valence-electron chi connectivity index (χ2n) is 6.09. The maximum Gasteiger partial charge on any atom is 0.414 e. The maximum absolute atomic E-state index is 12.2. The Bertz CT molecular complexity index is 989. The Labute approximate surface area is 160 Å². The molecule has 1 aliphatic heterocycles. The fourth-order valence-electron chi connectivity index (χ4n) is 2.78. The van der Waals surface area contributed by atoms with Crippen LogP contribution < -0.4 is 10.2 Å². The zero-order valence-electron chi connectivity index (χ0n) is 14.9. The first-order valence-corrected chi connectivity index (χ1v) is 8.77. The van der Waals surface area contributed by atoms with Crippen LogP contribution in [0.1, 0.15) is 12.3 Å². The third-order valence-corrected chi connectivity index (χ3v) is 4.13. The number of carbonyl (C=O) groups excluding carboxylic acids is 2. The summed E-state index contributed by atoms with van der Waals surface area (Å²) in [6.45, 7) is 0.853. The Kier molecular flexibility index (Phi) is 4.96. The zero-order valence-corrected chi connectivity index (χ0v) is 14.9. The van der Waals surface area contributed by atoms with Crippen molar-refractivity contribution in [2.75, 3.05) is 23.4 Å². The van der Waals surface area contributed by atoms with Gasteiger partial charge in [0.15, 0.2) is 0 Å². The average molecular weight is 379 g/mol. The SMILES string of the molecule is O=C(CCc1nc(-c2ccccn2)no1)Nc1cccc(N2CCOC2=O)c1. The molecule has 1 aromatic carbocycles. The topological polar surface area (TPSA) is 110 Å². The van der Waals surface area contributed by atoms with E-state index in [4.69, 9.17) is 9.26 Å². The summed E-state index contributed by atoms with van der Waals surface area (Å²) in [6, 6.07) is 12.5. The monoisotopic (exact) mass is 379 g/mol. The van der Waals surface area contributed by atoms with Crippen molar-refractivity contribution < 1.29 is 18.8 Å². The molecule has 0 aliphatic carbocycles. The number of benzene rings is 1. The Morgan fingerprint density at radius 3 is 2.93 bits per heavy atom. The number of hydrogen-bond donors (Lipinski definition) is 1. The molecule has 3 heterocycles. The summed E-state index contributed by atoms with van der Waals surface area (Å²) in [5, 5.41) is 6.69. The van der Waals surface area contributed by atoms with Gasteiger partial charge in [0.25, 0.3) is 0 Å². The van der Waals surface area contributed by atoms with Crippen LogP contribution in [-0.2, 0) is 16.0 Å². The zero-order chi connectivity index (χ0) is 19.3. The molecule has 0 unspecified atom stereocenters. The van der Waals surface area contributed by atoms with Gasteiger partial charge in [-0.1, -0.05) is 17.3 Å². The van der Waals surface area contributed by atoms with Gasteiger partial charge >= 0.3 is 6.09 Å². The fourth-order valence-corrected chi connectivity index (χ4v) is 2.78. The molecule has 0 radical (unpaired) electrons. The van der Waals surface area contributed by atoms with Gasteiger partial charge in [-0.2, -0.15) is 4.98 Å². The fraction of sp³-hybridized carbons (Fsp3) is 0.211. The van der Waals surface area contributed by atoms with Crippen molar-refractivity contribution in [1.29, 1.82) is 0 Å². The van der Waals surface area contributed by atoms with Crippen molar-refractivity contribution in [2.24, 2.45) is 0 Å². The Morgan fingerprint density at radius 1 is 1.21 bits per heavy atom. The summed E-state index contributed by atoms with van der Waals surface area (Å²) in [6.07, 6.45) is 1.75. The van der Waals surface area contributed by atoms with Crippen LogP contribution in [0, 0.1) is 0 Å². The smallest absolute Gasteiger partial charge is 0.414 e. The van der Waals surface area contributed by atoms with E-state index in [2.05, 4.69) is 20.4 Å². The average Bonchev–Trinajstić information content (AvgIpc) is 3.36. The standard InChI is InChI=1S/C19H17N5O4/c25-16(7-8-17-22-18(23-28-17)15-6-1-2-9-20-15)21-13-4-3-5-14(12-13)24-10-11-27-19(24)26/h1-6,9,12H,7-8,10-11H2,(H,21,25). The number of ether oxygens (including phenoxy) is 1. The van der Waals surface area contributed by atoms with E-state index in [0.717, 1.165) is 0 Å². The molecule has 0 spiro atoms. The first-order chi connectivity index (χ1) is 13.7. The summed E-state index contributed by atoms with van der Waals surface area (Å²) in [4.78, 5) is 33.8. The molecule has 0 bridgehead atoms. The molecular formula is C19H17N5O4. The minimum absolute atomic E-state index is 0.180. The van der Waals surface area contributed by atoms with Crippen LogP contribution in [0.4, 0.5) is 16.2 Å². The number of nitrogens with one attached hydrogen (secondary N) is 1. The molecule has 1 saturated heterocycles. The lowest BCUT2D eigenvalue weighted by molar-refractivity contribution is -0.116. The number of cyclic esters (lactones) is 1. The van der Waals surface area contributed by atoms with Crippen molar-refractivity contribution in [3.8, 4) is 11.5 Å². The molecule has 1 N–H and O–H groups in total. The lowest BCUT2D eigenvalue weighted by atomic mass is 10.2. The Balaban J connectivity index is 1.34. The number of hydrogen-bond acceptors (Lipinski definition) is 7. The number of anilines is 2. The van der Waals surface area contributed by atoms with Crippen molar-refractivity contribution in [3.63, 3.8) is 0 Å². The molecule has 28 heavy (non-hydrogen) atoms. The van der Waals surface area contributed by atoms with Crippen LogP contribution in [0.25, 0.3) is 11.5 Å². The summed E-state index contributed by atoms with van der Waals surface area (Å²) >= 11 is 0. The minimum Gasteiger partial charge on any atom is -0.447 e. The van der Waals surface area contributed by atoms with Gasteiger partial charge < -0.3 is 14.6 Å². The normalized spacial score (nSPS) is 13.4. The molecule has 0 atom stereocenters. The van der Waals surface area contributed by atoms with E-state index in [1.807, 2.05) is 6.07 Å². The van der Waals surface area contributed by atoms with Crippen LogP contribution in [0.2, 0.25) is 0 Å². The minimum atomic E-state index is -0.386. The van der Waals surface area contributed by atoms with Gasteiger partial charge in [-0.3, -0.25) is 14.7 Å². The summed E-state index contributed by atoms with van der Waals surface area (Å²) in [5.41, 5.74) is 1.89. The highest BCUT2D eigenvalue weighted by atomic mass is 16.6. The van der Waals surface area contributed by atoms with Gasteiger partial charge in [-0.15, -0.1) is 0 Å². The number of carbonyl (C=O) groups is 2. The van der Waals surface area contributed by atoms with Crippen molar-refractivity contribution in [3.05, 3.63) is 54.6 Å². The summed E-state index contributed by atoms with van der Waals surface area (Å²) in [7, 11) is 0. The van der Waals surface area contributed by atoms with Gasteiger partial charge in [-0.05, 0) is 30.3 Å². The van der Waals surface area contributed by atoms with Crippen molar-refractivity contribution in [2.45, 2.75) is 12.8 Å². The number of aromatic nitrogens is 3. The molecule has 9 heteroatoms. The predicted molar refractivity (Wildman–Crippen MR) is 99.6 cm³/mol. The molecular weight excluding hydrogens is 362 g/mol. The lowest BCUT2D eigenvalue weighted by Gasteiger charge is -2.14. The van der Waals surface area contributed by atoms with E-state index in [1.54, 1.807) is 42.6 Å². The molecule has 1 aliphatic rings. The summed E-state index contributed by atoms with van der Waals surface area (Å²) in [5.74, 6) is 0.560. The molecule has 2 amide bonds. The van der Waals surface area contributed by atoms with Gasteiger partial charge in [0.1, 0.15) is 12.3 Å². The van der Waals surface area contributed by atoms with Crippen LogP contribution >= 0.6 is 0 Å². The van der Waals surface area contributed by atoms with E-state index in [-0.39, 0.29) is 18.4 Å². The van der Waals surface area contributed by atoms with Crippen LogP contribution in [0.5, 0.6) is 0 Å². The second-order valence-corrected chi connectivity index (χ2v) is 6.09. The Hall–Kier alpha value is -3.75. The van der Waals surface area contributed by atoms with Crippen molar-refractivity contribution >= 4 is 23.4 Å². The highest BCUT2D eigenvalue weighted by Gasteiger charge is 2.23. The highest BCUT2D eigenvalue weighted by molar-refractivity contribution is 5.93. The van der Waals surface area contributed by atoms with Gasteiger partial charge in [0.2, 0.25) is 17.6 Å². The molecule has 1 fully saturated rings. The highest BCUT2D eigenvalue weighted by Crippen LogP contribution is 2.22. The third-order valence-electron chi connectivity index (χ3n) is 4.13. The van der Waals surface area contributed by atoms with Gasteiger partial charge in [0, 0.05) is 30.4 Å². The molecule has 9 nitrogen and oxygen atoms in total. The second kappa shape index (κ2) is 7.87. The molecule has 142 valence electrons.